The van der Waals surface area contributed by atoms with E-state index >= 15 is 0 Å². The summed E-state index contributed by atoms with van der Waals surface area (Å²) in [5.41, 5.74) is 4.36. The third-order valence-electron chi connectivity index (χ3n) is 10.1. The number of piperazine rings is 1. The van der Waals surface area contributed by atoms with Crippen molar-refractivity contribution in [1.82, 2.24) is 15.1 Å². The molecule has 2 unspecified atom stereocenters. The van der Waals surface area contributed by atoms with Gasteiger partial charge >= 0.3 is 6.09 Å². The zero-order valence-corrected chi connectivity index (χ0v) is 34.1. The van der Waals surface area contributed by atoms with Gasteiger partial charge in [0.05, 0.1) is 17.1 Å². The molecule has 0 spiro atoms. The van der Waals surface area contributed by atoms with Crippen LogP contribution in [0, 0.1) is 13.8 Å². The molecule has 2 atom stereocenters. The summed E-state index contributed by atoms with van der Waals surface area (Å²) < 4.78 is 15.9. The van der Waals surface area contributed by atoms with Crippen molar-refractivity contribution in [2.75, 3.05) is 32.8 Å². The molecule has 3 aromatic rings. The molecule has 3 aliphatic rings. The number of ether oxygens (including phenoxy) is 3. The van der Waals surface area contributed by atoms with Gasteiger partial charge in [0.15, 0.2) is 5.60 Å². The molecule has 2 bridgehead atoms. The highest BCUT2D eigenvalue weighted by atomic mass is 35.6. The number of carbonyl (C=O) groups excluding carboxylic acids is 2. The minimum atomic E-state index is -1.85. The van der Waals surface area contributed by atoms with E-state index in [0.717, 1.165) is 47.1 Å². The third kappa shape index (κ3) is 9.70. The fourth-order valence-electron chi connectivity index (χ4n) is 6.76. The van der Waals surface area contributed by atoms with Gasteiger partial charge in [-0.2, -0.15) is 0 Å². The van der Waals surface area contributed by atoms with Crippen molar-refractivity contribution >= 4 is 76.4 Å². The van der Waals surface area contributed by atoms with Gasteiger partial charge in [0.2, 0.25) is 3.79 Å². The second kappa shape index (κ2) is 17.3. The minimum Gasteiger partial charge on any atom is -0.490 e. The largest absolute Gasteiger partial charge is 0.490 e. The highest BCUT2D eigenvalue weighted by molar-refractivity contribution is 6.68. The van der Waals surface area contributed by atoms with E-state index in [1.54, 1.807) is 18.7 Å². The van der Waals surface area contributed by atoms with Gasteiger partial charge in [-0.1, -0.05) is 88.9 Å². The van der Waals surface area contributed by atoms with Crippen LogP contribution in [0.1, 0.15) is 55.4 Å². The Hall–Kier alpha value is -2.85. The first-order chi connectivity index (χ1) is 24.7. The molecule has 2 fully saturated rings. The Balaban J connectivity index is 0.00000541. The maximum Gasteiger partial charge on any atom is 0.411 e. The lowest BCUT2D eigenvalue weighted by Crippen LogP contribution is -2.64. The van der Waals surface area contributed by atoms with Crippen LogP contribution >= 0.6 is 58.8 Å². The van der Waals surface area contributed by atoms with E-state index in [-0.39, 0.29) is 30.4 Å². The Morgan fingerprint density at radius 3 is 2.25 bits per heavy atom. The second-order valence-electron chi connectivity index (χ2n) is 14.3. The van der Waals surface area contributed by atoms with Gasteiger partial charge in [-0.3, -0.25) is 9.69 Å². The van der Waals surface area contributed by atoms with Gasteiger partial charge in [0.25, 0.3) is 5.91 Å². The Labute approximate surface area is 338 Å². The highest BCUT2D eigenvalue weighted by Gasteiger charge is 2.50. The Morgan fingerprint density at radius 2 is 1.58 bits per heavy atom. The molecular formula is C40H46Cl5N3O5. The number of hydrogen-bond acceptors (Lipinski definition) is 6. The van der Waals surface area contributed by atoms with Crippen LogP contribution in [0.3, 0.4) is 0 Å². The van der Waals surface area contributed by atoms with E-state index in [0.29, 0.717) is 61.4 Å². The molecule has 53 heavy (non-hydrogen) atoms. The molecule has 1 saturated heterocycles. The fourth-order valence-corrected chi connectivity index (χ4v) is 7.15. The number of nitrogens with one attached hydrogen (secondary N) is 1. The van der Waals surface area contributed by atoms with E-state index in [4.69, 9.17) is 60.6 Å². The first-order valence-corrected chi connectivity index (χ1v) is 19.2. The lowest BCUT2D eigenvalue weighted by Gasteiger charge is -2.48. The molecule has 1 N–H and O–H groups in total. The zero-order chi connectivity index (χ0) is 37.2. The molecule has 13 heteroatoms. The summed E-state index contributed by atoms with van der Waals surface area (Å²) in [6.45, 7) is 9.29. The number of amides is 2. The summed E-state index contributed by atoms with van der Waals surface area (Å²) in [5.74, 6) is 1.23. The molecule has 0 radical (unpaired) electrons. The topological polar surface area (TPSA) is 80.3 Å². The number of rotatable bonds is 12. The summed E-state index contributed by atoms with van der Waals surface area (Å²) in [5, 5.41) is 4.02. The Kier molecular flexibility index (Phi) is 13.5. The summed E-state index contributed by atoms with van der Waals surface area (Å²) in [7, 11) is 0. The van der Waals surface area contributed by atoms with Gasteiger partial charge in [-0.25, -0.2) is 4.79 Å². The average Bonchev–Trinajstić information content (AvgIpc) is 3.94. The zero-order valence-electron chi connectivity index (χ0n) is 30.3. The summed E-state index contributed by atoms with van der Waals surface area (Å²) >= 11 is 25.0. The Bertz CT molecular complexity index is 1790. The second-order valence-corrected chi connectivity index (χ2v) is 16.9. The molecule has 8 nitrogen and oxygen atoms in total. The monoisotopic (exact) mass is 823 g/mol. The molecule has 1 aliphatic carbocycles. The third-order valence-corrected chi connectivity index (χ3v) is 11.8. The first-order valence-electron chi connectivity index (χ1n) is 17.7. The van der Waals surface area contributed by atoms with Crippen molar-refractivity contribution in [3.8, 4) is 11.5 Å². The van der Waals surface area contributed by atoms with Gasteiger partial charge in [-0.05, 0) is 105 Å². The van der Waals surface area contributed by atoms with E-state index < -0.39 is 21.5 Å². The van der Waals surface area contributed by atoms with E-state index in [9.17, 15) is 9.59 Å². The molecule has 3 aromatic carbocycles. The van der Waals surface area contributed by atoms with Gasteiger partial charge < -0.3 is 24.4 Å². The van der Waals surface area contributed by atoms with Crippen molar-refractivity contribution < 1.29 is 23.8 Å². The van der Waals surface area contributed by atoms with Crippen LogP contribution in [0.2, 0.25) is 5.02 Å². The van der Waals surface area contributed by atoms with Crippen molar-refractivity contribution in [1.29, 1.82) is 0 Å². The van der Waals surface area contributed by atoms with Crippen molar-refractivity contribution in [3.63, 3.8) is 0 Å². The van der Waals surface area contributed by atoms with Gasteiger partial charge in [0.1, 0.15) is 24.7 Å². The van der Waals surface area contributed by atoms with Crippen molar-refractivity contribution in [2.45, 2.75) is 80.9 Å². The fraction of sp³-hybridized carbons (Fsp3) is 0.450. The predicted molar refractivity (Wildman–Crippen MR) is 215 cm³/mol. The molecule has 0 aromatic heterocycles. The molecule has 286 valence electrons. The smallest absolute Gasteiger partial charge is 0.411 e. The van der Waals surface area contributed by atoms with Gasteiger partial charge in [-0.15, -0.1) is 12.4 Å². The maximum absolute atomic E-state index is 14.9. The quantitative estimate of drug-likeness (QED) is 0.145. The number of carbonyl (C=O) groups is 2. The molecule has 2 amide bonds. The standard InChI is InChI=1S/C40H45Cl4N3O5.ClH/c1-25-20-33(41)35(21-26(25)2)51-19-18-50-31-14-10-28(11-15-31)32-22-30-23-45-24-34(47(30)38(49)52-39(3,4)40(42,43)44)36(32)37(48)46(29-12-13-29)17-16-27-8-6-5-7-9-27;/h5-11,14-15,20-21,29-30,34,45H,12-13,16-19,22-24H2,1-4H3;1H. The average molecular weight is 826 g/mol. The SMILES string of the molecule is Cc1cc(Cl)c(OCCOc2ccc(C3=C(C(=O)N(CCc4ccccc4)C4CC4)C4CNCC(C3)N4C(=O)OC(C)(C)C(Cl)(Cl)Cl)cc2)cc1C.Cl. The number of nitrogens with zero attached hydrogens (tertiary/aromatic N) is 2. The van der Waals surface area contributed by atoms with Crippen LogP contribution in [0.5, 0.6) is 11.5 Å². The molecule has 2 aliphatic heterocycles. The Morgan fingerprint density at radius 1 is 0.925 bits per heavy atom. The molecule has 2 heterocycles. The predicted octanol–water partition coefficient (Wildman–Crippen LogP) is 9.16. The van der Waals surface area contributed by atoms with Crippen LogP contribution < -0.4 is 14.8 Å². The van der Waals surface area contributed by atoms with Crippen LogP contribution in [0.25, 0.3) is 5.57 Å². The summed E-state index contributed by atoms with van der Waals surface area (Å²) in [6, 6.07) is 21.0. The first kappa shape index (κ1) is 41.3. The molecule has 1 saturated carbocycles. The number of halogens is 5. The number of alkyl halides is 3. The van der Waals surface area contributed by atoms with E-state index in [1.807, 2.05) is 73.3 Å². The lowest BCUT2D eigenvalue weighted by atomic mass is 9.82. The number of benzene rings is 3. The highest BCUT2D eigenvalue weighted by Crippen LogP contribution is 2.43. The van der Waals surface area contributed by atoms with Gasteiger partial charge in [0, 0.05) is 31.2 Å². The van der Waals surface area contributed by atoms with E-state index in [1.165, 1.54) is 0 Å². The number of aryl methyl sites for hydroxylation is 2. The van der Waals surface area contributed by atoms with Crippen LogP contribution in [0.15, 0.2) is 72.3 Å². The lowest BCUT2D eigenvalue weighted by molar-refractivity contribution is -0.128. The summed E-state index contributed by atoms with van der Waals surface area (Å²) in [4.78, 5) is 32.5. The normalized spacial score (nSPS) is 18.6. The molecular weight excluding hydrogens is 780 g/mol. The van der Waals surface area contributed by atoms with Crippen LogP contribution in [-0.2, 0) is 16.0 Å². The number of hydrogen-bond donors (Lipinski definition) is 1. The maximum atomic E-state index is 14.9. The van der Waals surface area contributed by atoms with Crippen molar-refractivity contribution in [3.05, 3.63) is 99.6 Å². The van der Waals surface area contributed by atoms with Crippen LogP contribution in [0.4, 0.5) is 4.79 Å². The summed E-state index contributed by atoms with van der Waals surface area (Å²) in [6.07, 6.45) is 2.45. The number of fused-ring (bicyclic) bond motifs is 2. The van der Waals surface area contributed by atoms with Crippen molar-refractivity contribution in [2.24, 2.45) is 0 Å². The molecule has 6 rings (SSSR count). The van der Waals surface area contributed by atoms with Crippen LogP contribution in [-0.4, -0.2) is 82.2 Å². The minimum absolute atomic E-state index is 0. The van der Waals surface area contributed by atoms with E-state index in [2.05, 4.69) is 17.4 Å².